The first-order valence-corrected chi connectivity index (χ1v) is 10.7. The van der Waals surface area contributed by atoms with Crippen LogP contribution in [-0.4, -0.2) is 51.9 Å². The summed E-state index contributed by atoms with van der Waals surface area (Å²) < 4.78 is 12.7. The molecule has 1 aromatic carbocycles. The van der Waals surface area contributed by atoms with Crippen molar-refractivity contribution in [2.45, 2.75) is 33.2 Å². The zero-order valence-electron chi connectivity index (χ0n) is 17.5. The minimum atomic E-state index is -0.168. The number of aromatic hydroxyl groups is 1. The van der Waals surface area contributed by atoms with E-state index in [1.807, 2.05) is 25.1 Å². The summed E-state index contributed by atoms with van der Waals surface area (Å²) in [5, 5.41) is 15.4. The van der Waals surface area contributed by atoms with Crippen LogP contribution in [0.3, 0.4) is 0 Å². The number of hydrogen-bond donors (Lipinski definition) is 1. The highest BCUT2D eigenvalue weighted by molar-refractivity contribution is 7.17. The Morgan fingerprint density at radius 2 is 1.90 bits per heavy atom. The van der Waals surface area contributed by atoms with Crippen LogP contribution in [0.5, 0.6) is 17.4 Å². The highest BCUT2D eigenvalue weighted by atomic mass is 32.1. The lowest BCUT2D eigenvalue weighted by Gasteiger charge is -2.40. The Hall–Kier alpha value is -2.32. The van der Waals surface area contributed by atoms with Crippen LogP contribution in [-0.2, 0) is 0 Å². The highest BCUT2D eigenvalue weighted by Crippen LogP contribution is 2.45. The van der Waals surface area contributed by atoms with Gasteiger partial charge in [0, 0.05) is 18.7 Å². The third kappa shape index (κ3) is 3.67. The molecule has 1 fully saturated rings. The van der Waals surface area contributed by atoms with Crippen LogP contribution in [0.4, 0.5) is 0 Å². The molecule has 29 heavy (non-hydrogen) atoms. The summed E-state index contributed by atoms with van der Waals surface area (Å²) in [5.74, 6) is 3.48. The molecule has 1 N–H and O–H groups in total. The van der Waals surface area contributed by atoms with Gasteiger partial charge in [0.15, 0.2) is 0 Å². The maximum absolute atomic E-state index is 11.1. The first-order chi connectivity index (χ1) is 13.9. The SMILES string of the molecule is COc1ccc(OC)c([C@H](c2sc3nc(C)nn3c2O)N2C[C@H](C)C[C@H](C)C2)c1. The van der Waals surface area contributed by atoms with E-state index in [4.69, 9.17) is 9.47 Å². The summed E-state index contributed by atoms with van der Waals surface area (Å²) in [6.07, 6.45) is 1.21. The van der Waals surface area contributed by atoms with Crippen molar-refractivity contribution in [1.82, 2.24) is 19.5 Å². The van der Waals surface area contributed by atoms with E-state index < -0.39 is 0 Å². The number of ether oxygens (including phenoxy) is 2. The van der Waals surface area contributed by atoms with Gasteiger partial charge in [-0.15, -0.1) is 5.10 Å². The van der Waals surface area contributed by atoms with Crippen LogP contribution in [0.15, 0.2) is 18.2 Å². The number of methoxy groups -OCH3 is 2. The molecular weight excluding hydrogens is 388 g/mol. The Morgan fingerprint density at radius 1 is 1.17 bits per heavy atom. The summed E-state index contributed by atoms with van der Waals surface area (Å²) in [7, 11) is 3.34. The number of piperidine rings is 1. The molecule has 1 aliphatic heterocycles. The standard InChI is InChI=1S/C21H28N4O3S/c1-12-8-13(2)11-24(10-12)18(16-9-15(27-4)6-7-17(16)28-5)19-20(26)25-21(29-19)22-14(3)23-25/h6-7,9,12-13,18,26H,8,10-11H2,1-5H3/t12-,13+,18-/m1/s1. The van der Waals surface area contributed by atoms with Gasteiger partial charge < -0.3 is 14.6 Å². The van der Waals surface area contributed by atoms with E-state index in [0.717, 1.165) is 35.0 Å². The molecule has 3 heterocycles. The van der Waals surface area contributed by atoms with Crippen molar-refractivity contribution < 1.29 is 14.6 Å². The van der Waals surface area contributed by atoms with Crippen LogP contribution in [0.2, 0.25) is 0 Å². The predicted molar refractivity (Wildman–Crippen MR) is 113 cm³/mol. The van der Waals surface area contributed by atoms with Gasteiger partial charge in [0.05, 0.1) is 25.1 Å². The van der Waals surface area contributed by atoms with Crippen molar-refractivity contribution in [3.05, 3.63) is 34.5 Å². The lowest BCUT2D eigenvalue weighted by Crippen LogP contribution is -2.41. The first-order valence-electron chi connectivity index (χ1n) is 9.92. The van der Waals surface area contributed by atoms with Gasteiger partial charge in [0.25, 0.3) is 0 Å². The molecule has 8 heteroatoms. The van der Waals surface area contributed by atoms with Crippen LogP contribution in [0.25, 0.3) is 4.96 Å². The molecule has 0 amide bonds. The molecule has 0 saturated carbocycles. The average molecular weight is 417 g/mol. The minimum absolute atomic E-state index is 0.145. The Labute approximate surface area is 174 Å². The number of thiazole rings is 1. The van der Waals surface area contributed by atoms with Gasteiger partial charge in [0.2, 0.25) is 10.8 Å². The van der Waals surface area contributed by atoms with Gasteiger partial charge in [-0.3, -0.25) is 4.90 Å². The Kier molecular flexibility index (Phi) is 5.40. The largest absolute Gasteiger partial charge is 0.497 e. The predicted octanol–water partition coefficient (Wildman–Crippen LogP) is 3.89. The number of nitrogens with zero attached hydrogens (tertiary/aromatic N) is 4. The average Bonchev–Trinajstić information content (AvgIpc) is 3.18. The van der Waals surface area contributed by atoms with Crippen molar-refractivity contribution in [3.8, 4) is 17.4 Å². The second-order valence-electron chi connectivity index (χ2n) is 8.05. The third-order valence-corrected chi connectivity index (χ3v) is 6.62. The topological polar surface area (TPSA) is 72.1 Å². The quantitative estimate of drug-likeness (QED) is 0.680. The van der Waals surface area contributed by atoms with E-state index in [0.29, 0.717) is 22.6 Å². The molecule has 1 saturated heterocycles. The maximum atomic E-state index is 11.1. The number of fused-ring (bicyclic) bond motifs is 1. The van der Waals surface area contributed by atoms with Crippen LogP contribution < -0.4 is 9.47 Å². The molecule has 0 aliphatic carbocycles. The first kappa shape index (κ1) is 20.0. The monoisotopic (exact) mass is 416 g/mol. The van der Waals surface area contributed by atoms with Gasteiger partial charge in [-0.25, -0.2) is 4.98 Å². The smallest absolute Gasteiger partial charge is 0.230 e. The minimum Gasteiger partial charge on any atom is -0.497 e. The lowest BCUT2D eigenvalue weighted by molar-refractivity contribution is 0.110. The lowest BCUT2D eigenvalue weighted by atomic mass is 9.89. The maximum Gasteiger partial charge on any atom is 0.230 e. The van der Waals surface area contributed by atoms with Crippen LogP contribution in [0, 0.1) is 18.8 Å². The number of aromatic nitrogens is 3. The molecule has 0 spiro atoms. The van der Waals surface area contributed by atoms with E-state index in [-0.39, 0.29) is 11.9 Å². The molecule has 0 unspecified atom stereocenters. The van der Waals surface area contributed by atoms with E-state index in [1.54, 1.807) is 14.2 Å². The number of likely N-dealkylation sites (tertiary alicyclic amines) is 1. The normalized spacial score (nSPS) is 21.4. The zero-order chi connectivity index (χ0) is 20.7. The van der Waals surface area contributed by atoms with Gasteiger partial charge in [-0.1, -0.05) is 25.2 Å². The summed E-state index contributed by atoms with van der Waals surface area (Å²) in [5.41, 5.74) is 0.977. The molecule has 0 bridgehead atoms. The summed E-state index contributed by atoms with van der Waals surface area (Å²) in [6.45, 7) is 8.29. The molecule has 2 aromatic heterocycles. The third-order valence-electron chi connectivity index (χ3n) is 5.55. The van der Waals surface area contributed by atoms with Crippen molar-refractivity contribution in [3.63, 3.8) is 0 Å². The number of aryl methyl sites for hydroxylation is 1. The molecular formula is C21H28N4O3S. The molecule has 0 radical (unpaired) electrons. The Morgan fingerprint density at radius 3 is 2.52 bits per heavy atom. The second kappa shape index (κ2) is 7.84. The molecule has 3 atom stereocenters. The van der Waals surface area contributed by atoms with Crippen LogP contribution >= 0.6 is 11.3 Å². The summed E-state index contributed by atoms with van der Waals surface area (Å²) in [6, 6.07) is 5.66. The number of rotatable bonds is 5. The molecule has 1 aliphatic rings. The summed E-state index contributed by atoms with van der Waals surface area (Å²) in [4.78, 5) is 8.42. The number of benzene rings is 1. The highest BCUT2D eigenvalue weighted by Gasteiger charge is 2.35. The fraction of sp³-hybridized carbons (Fsp3) is 0.524. The van der Waals surface area contributed by atoms with E-state index in [1.165, 1.54) is 22.3 Å². The molecule has 7 nitrogen and oxygen atoms in total. The van der Waals surface area contributed by atoms with Crippen molar-refractivity contribution in [1.29, 1.82) is 0 Å². The van der Waals surface area contributed by atoms with Gasteiger partial charge in [-0.05, 0) is 43.4 Å². The zero-order valence-corrected chi connectivity index (χ0v) is 18.4. The summed E-state index contributed by atoms with van der Waals surface area (Å²) >= 11 is 1.48. The second-order valence-corrected chi connectivity index (χ2v) is 9.06. The van der Waals surface area contributed by atoms with Gasteiger partial charge in [0.1, 0.15) is 17.3 Å². The molecule has 3 aromatic rings. The Bertz CT molecular complexity index is 1000. The van der Waals surface area contributed by atoms with Crippen molar-refractivity contribution >= 4 is 16.3 Å². The van der Waals surface area contributed by atoms with Gasteiger partial charge in [-0.2, -0.15) is 4.52 Å². The van der Waals surface area contributed by atoms with E-state index in [9.17, 15) is 5.11 Å². The molecule has 156 valence electrons. The van der Waals surface area contributed by atoms with E-state index >= 15 is 0 Å². The van der Waals surface area contributed by atoms with Gasteiger partial charge >= 0.3 is 0 Å². The fourth-order valence-corrected chi connectivity index (χ4v) is 5.66. The Balaban J connectivity index is 1.90. The van der Waals surface area contributed by atoms with Crippen molar-refractivity contribution in [2.24, 2.45) is 11.8 Å². The van der Waals surface area contributed by atoms with Crippen LogP contribution in [0.1, 0.15) is 42.6 Å². The fourth-order valence-electron chi connectivity index (χ4n) is 4.50. The van der Waals surface area contributed by atoms with E-state index in [2.05, 4.69) is 28.8 Å². The molecule has 4 rings (SSSR count). The van der Waals surface area contributed by atoms with Crippen molar-refractivity contribution in [2.75, 3.05) is 27.3 Å². The number of hydrogen-bond acceptors (Lipinski definition) is 7.